The lowest BCUT2D eigenvalue weighted by atomic mass is 10.2. The van der Waals surface area contributed by atoms with Crippen LogP contribution in [-0.4, -0.2) is 24.1 Å². The van der Waals surface area contributed by atoms with Crippen LogP contribution in [0.2, 0.25) is 0 Å². The highest BCUT2D eigenvalue weighted by molar-refractivity contribution is 5.69. The van der Waals surface area contributed by atoms with Gasteiger partial charge in [0, 0.05) is 37.1 Å². The van der Waals surface area contributed by atoms with E-state index in [2.05, 4.69) is 10.1 Å². The molecule has 3 aromatic heterocycles. The van der Waals surface area contributed by atoms with Crippen LogP contribution in [0.25, 0.3) is 16.8 Å². The minimum Gasteiger partial charge on any atom is -0.455 e. The Balaban J connectivity index is 1.78. The summed E-state index contributed by atoms with van der Waals surface area (Å²) in [6.07, 6.45) is 7.20. The molecule has 0 aliphatic rings. The number of non-ortho nitro benzene ring substituents is 1. The predicted octanol–water partition coefficient (Wildman–Crippen LogP) is 3.74. The molecule has 0 saturated heterocycles. The Hall–Kier alpha value is -3.68. The lowest BCUT2D eigenvalue weighted by Crippen LogP contribution is -1.95. The summed E-state index contributed by atoms with van der Waals surface area (Å²) in [6.45, 7) is 1.78. The van der Waals surface area contributed by atoms with E-state index in [1.165, 1.54) is 12.1 Å². The van der Waals surface area contributed by atoms with Gasteiger partial charge in [-0.1, -0.05) is 0 Å². The highest BCUT2D eigenvalue weighted by Gasteiger charge is 2.13. The third kappa shape index (κ3) is 2.77. The van der Waals surface area contributed by atoms with E-state index in [0.717, 1.165) is 16.8 Å². The van der Waals surface area contributed by atoms with Crippen LogP contribution < -0.4 is 4.74 Å². The van der Waals surface area contributed by atoms with E-state index in [1.807, 2.05) is 36.1 Å². The van der Waals surface area contributed by atoms with Gasteiger partial charge in [0.2, 0.25) is 0 Å². The number of imidazole rings is 1. The zero-order valence-electron chi connectivity index (χ0n) is 14.2. The van der Waals surface area contributed by atoms with Crippen LogP contribution in [0.5, 0.6) is 11.5 Å². The molecule has 0 saturated carbocycles. The molecule has 8 heteroatoms. The van der Waals surface area contributed by atoms with Gasteiger partial charge in [0.1, 0.15) is 11.3 Å². The van der Waals surface area contributed by atoms with E-state index in [4.69, 9.17) is 4.74 Å². The van der Waals surface area contributed by atoms with Crippen molar-refractivity contribution in [3.05, 3.63) is 70.9 Å². The van der Waals surface area contributed by atoms with Crippen LogP contribution in [0, 0.1) is 17.0 Å². The van der Waals surface area contributed by atoms with Crippen molar-refractivity contribution in [2.75, 3.05) is 0 Å². The molecule has 0 bridgehead atoms. The topological polar surface area (TPSA) is 87.5 Å². The van der Waals surface area contributed by atoms with Gasteiger partial charge in [-0.3, -0.25) is 10.1 Å². The van der Waals surface area contributed by atoms with Gasteiger partial charge in [0.15, 0.2) is 5.75 Å². The summed E-state index contributed by atoms with van der Waals surface area (Å²) in [5.74, 6) is 1.15. The van der Waals surface area contributed by atoms with Gasteiger partial charge in [-0.05, 0) is 30.7 Å². The van der Waals surface area contributed by atoms with E-state index in [1.54, 1.807) is 30.0 Å². The Morgan fingerprint density at radius 2 is 2.00 bits per heavy atom. The summed E-state index contributed by atoms with van der Waals surface area (Å²) in [5.41, 5.74) is 3.17. The van der Waals surface area contributed by atoms with Gasteiger partial charge in [-0.15, -0.1) is 0 Å². The molecular formula is C18H15N5O3. The first-order chi connectivity index (χ1) is 12.5. The first kappa shape index (κ1) is 15.8. The fourth-order valence-corrected chi connectivity index (χ4v) is 2.76. The van der Waals surface area contributed by atoms with Gasteiger partial charge in [-0.2, -0.15) is 5.10 Å². The number of ether oxygens (including phenoxy) is 1. The number of pyridine rings is 1. The Morgan fingerprint density at radius 1 is 1.15 bits per heavy atom. The van der Waals surface area contributed by atoms with Crippen molar-refractivity contribution in [2.45, 2.75) is 6.92 Å². The molecule has 3 heterocycles. The average molecular weight is 349 g/mol. The molecule has 130 valence electrons. The van der Waals surface area contributed by atoms with E-state index in [9.17, 15) is 10.1 Å². The molecule has 0 fully saturated rings. The lowest BCUT2D eigenvalue weighted by molar-refractivity contribution is -0.384. The lowest BCUT2D eigenvalue weighted by Gasteiger charge is -2.11. The Labute approximate surface area is 148 Å². The number of nitrogens with zero attached hydrogens (tertiary/aromatic N) is 5. The number of fused-ring (bicyclic) bond motifs is 1. The van der Waals surface area contributed by atoms with Crippen LogP contribution in [-0.2, 0) is 7.05 Å². The quantitative estimate of drug-likeness (QED) is 0.414. The number of nitro groups is 1. The molecule has 0 N–H and O–H groups in total. The normalized spacial score (nSPS) is 11.0. The van der Waals surface area contributed by atoms with Crippen molar-refractivity contribution in [2.24, 2.45) is 7.05 Å². The molecule has 26 heavy (non-hydrogen) atoms. The maximum atomic E-state index is 10.9. The van der Waals surface area contributed by atoms with Crippen molar-refractivity contribution in [1.82, 2.24) is 19.2 Å². The third-order valence-electron chi connectivity index (χ3n) is 4.06. The number of hydrogen-bond acceptors (Lipinski definition) is 5. The van der Waals surface area contributed by atoms with Crippen LogP contribution in [0.4, 0.5) is 5.69 Å². The summed E-state index contributed by atoms with van der Waals surface area (Å²) in [5, 5.41) is 15.2. The Kier molecular flexibility index (Phi) is 3.65. The molecule has 0 amide bonds. The number of aryl methyl sites for hydroxylation is 2. The highest BCUT2D eigenvalue weighted by atomic mass is 16.6. The smallest absolute Gasteiger partial charge is 0.269 e. The van der Waals surface area contributed by atoms with Crippen molar-refractivity contribution >= 4 is 11.2 Å². The van der Waals surface area contributed by atoms with Crippen LogP contribution in [0.3, 0.4) is 0 Å². The summed E-state index contributed by atoms with van der Waals surface area (Å²) in [6, 6.07) is 8.26. The molecule has 0 atom stereocenters. The number of rotatable bonds is 4. The van der Waals surface area contributed by atoms with Crippen molar-refractivity contribution in [3.63, 3.8) is 0 Å². The zero-order chi connectivity index (χ0) is 18.3. The highest BCUT2D eigenvalue weighted by Crippen LogP contribution is 2.33. The van der Waals surface area contributed by atoms with Gasteiger partial charge >= 0.3 is 0 Å². The number of hydrogen-bond donors (Lipinski definition) is 0. The van der Waals surface area contributed by atoms with Crippen LogP contribution in [0.15, 0.2) is 55.2 Å². The molecule has 4 aromatic rings. The minimum absolute atomic E-state index is 0.0339. The zero-order valence-corrected chi connectivity index (χ0v) is 14.2. The van der Waals surface area contributed by atoms with Gasteiger partial charge in [0.25, 0.3) is 5.69 Å². The molecule has 0 radical (unpaired) electrons. The summed E-state index contributed by atoms with van der Waals surface area (Å²) in [4.78, 5) is 14.9. The van der Waals surface area contributed by atoms with E-state index in [0.29, 0.717) is 17.1 Å². The molecule has 1 aromatic carbocycles. The standard InChI is InChI=1S/C18H15N5O3/c1-12-7-14(23(24)25)3-4-17(12)26-18-8-13(15-10-21(2)11-19-15)9-22-16(18)5-6-20-22/h3-11H,1-2H3. The minimum atomic E-state index is -0.423. The van der Waals surface area contributed by atoms with Crippen LogP contribution in [0.1, 0.15) is 5.56 Å². The van der Waals surface area contributed by atoms with E-state index < -0.39 is 4.92 Å². The first-order valence-corrected chi connectivity index (χ1v) is 7.90. The monoisotopic (exact) mass is 349 g/mol. The Morgan fingerprint density at radius 3 is 2.69 bits per heavy atom. The Bertz CT molecular complexity index is 1130. The summed E-state index contributed by atoms with van der Waals surface area (Å²) >= 11 is 0. The first-order valence-electron chi connectivity index (χ1n) is 7.90. The molecule has 0 aliphatic carbocycles. The van der Waals surface area contributed by atoms with Gasteiger partial charge < -0.3 is 9.30 Å². The fraction of sp³-hybridized carbons (Fsp3) is 0.111. The second kappa shape index (κ2) is 5.99. The summed E-state index contributed by atoms with van der Waals surface area (Å²) < 4.78 is 9.65. The fourth-order valence-electron chi connectivity index (χ4n) is 2.76. The SMILES string of the molecule is Cc1cc([N+](=O)[O-])ccc1Oc1cc(-c2cn(C)cn2)cn2nccc12. The summed E-state index contributed by atoms with van der Waals surface area (Å²) in [7, 11) is 1.90. The van der Waals surface area contributed by atoms with Gasteiger partial charge in [-0.25, -0.2) is 9.50 Å². The second-order valence-electron chi connectivity index (χ2n) is 5.99. The van der Waals surface area contributed by atoms with Crippen LogP contribution >= 0.6 is 0 Å². The number of aromatic nitrogens is 4. The molecule has 0 unspecified atom stereocenters. The number of benzene rings is 1. The maximum absolute atomic E-state index is 10.9. The predicted molar refractivity (Wildman–Crippen MR) is 95.3 cm³/mol. The molecule has 0 spiro atoms. The number of nitro benzene ring substituents is 1. The maximum Gasteiger partial charge on any atom is 0.269 e. The van der Waals surface area contributed by atoms with Crippen molar-refractivity contribution in [1.29, 1.82) is 0 Å². The van der Waals surface area contributed by atoms with Crippen molar-refractivity contribution in [3.8, 4) is 22.8 Å². The van der Waals surface area contributed by atoms with E-state index in [-0.39, 0.29) is 5.69 Å². The van der Waals surface area contributed by atoms with E-state index >= 15 is 0 Å². The van der Waals surface area contributed by atoms with Crippen molar-refractivity contribution < 1.29 is 9.66 Å². The second-order valence-corrected chi connectivity index (χ2v) is 5.99. The molecule has 8 nitrogen and oxygen atoms in total. The third-order valence-corrected chi connectivity index (χ3v) is 4.06. The average Bonchev–Trinajstić information content (AvgIpc) is 3.25. The largest absolute Gasteiger partial charge is 0.455 e. The van der Waals surface area contributed by atoms with Gasteiger partial charge in [0.05, 0.1) is 23.1 Å². The molecule has 4 rings (SSSR count). The molecular weight excluding hydrogens is 334 g/mol. The molecule has 0 aliphatic heterocycles.